The highest BCUT2D eigenvalue weighted by atomic mass is 16.5. The van der Waals surface area contributed by atoms with Gasteiger partial charge < -0.3 is 15.2 Å². The Morgan fingerprint density at radius 1 is 1.05 bits per heavy atom. The molecule has 0 radical (unpaired) electrons. The highest BCUT2D eigenvalue weighted by Crippen LogP contribution is 2.18. The summed E-state index contributed by atoms with van der Waals surface area (Å²) in [4.78, 5) is 0. The Kier molecular flexibility index (Phi) is 7.82. The SMILES string of the molecule is CC(C)COCCNCC(O)c1ccc(C(C)C)cc1. The molecule has 3 heteroatoms. The van der Waals surface area contributed by atoms with E-state index in [4.69, 9.17) is 4.74 Å². The smallest absolute Gasteiger partial charge is 0.0914 e. The molecule has 114 valence electrons. The van der Waals surface area contributed by atoms with E-state index in [0.29, 0.717) is 25.0 Å². The lowest BCUT2D eigenvalue weighted by atomic mass is 10.00. The van der Waals surface area contributed by atoms with Crippen molar-refractivity contribution in [2.45, 2.75) is 39.7 Å². The fraction of sp³-hybridized carbons (Fsp3) is 0.647. The van der Waals surface area contributed by atoms with Gasteiger partial charge in [-0.2, -0.15) is 0 Å². The lowest BCUT2D eigenvalue weighted by Gasteiger charge is -2.14. The lowest BCUT2D eigenvalue weighted by Crippen LogP contribution is -2.25. The zero-order valence-corrected chi connectivity index (χ0v) is 13.2. The van der Waals surface area contributed by atoms with Gasteiger partial charge in [0.05, 0.1) is 12.7 Å². The molecule has 20 heavy (non-hydrogen) atoms. The summed E-state index contributed by atoms with van der Waals surface area (Å²) in [5.74, 6) is 1.09. The van der Waals surface area contributed by atoms with Gasteiger partial charge >= 0.3 is 0 Å². The fourth-order valence-corrected chi connectivity index (χ4v) is 1.92. The van der Waals surface area contributed by atoms with Crippen LogP contribution in [0.15, 0.2) is 24.3 Å². The number of aliphatic hydroxyl groups excluding tert-OH is 1. The van der Waals surface area contributed by atoms with E-state index in [-0.39, 0.29) is 0 Å². The minimum Gasteiger partial charge on any atom is -0.387 e. The monoisotopic (exact) mass is 279 g/mol. The Labute approximate surface area is 123 Å². The summed E-state index contributed by atoms with van der Waals surface area (Å²) in [5, 5.41) is 13.3. The molecule has 1 unspecified atom stereocenters. The predicted octanol–water partition coefficient (Wildman–Crippen LogP) is 3.11. The maximum Gasteiger partial charge on any atom is 0.0914 e. The molecule has 1 aromatic carbocycles. The average Bonchev–Trinajstić information content (AvgIpc) is 2.42. The molecule has 1 atom stereocenters. The molecule has 0 amide bonds. The van der Waals surface area contributed by atoms with E-state index < -0.39 is 6.10 Å². The van der Waals surface area contributed by atoms with Crippen LogP contribution in [-0.4, -0.2) is 31.4 Å². The zero-order chi connectivity index (χ0) is 15.0. The van der Waals surface area contributed by atoms with Crippen LogP contribution in [0, 0.1) is 5.92 Å². The summed E-state index contributed by atoms with van der Waals surface area (Å²) in [6, 6.07) is 8.21. The summed E-state index contributed by atoms with van der Waals surface area (Å²) >= 11 is 0. The van der Waals surface area contributed by atoms with Crippen molar-refractivity contribution < 1.29 is 9.84 Å². The van der Waals surface area contributed by atoms with Gasteiger partial charge in [0.2, 0.25) is 0 Å². The van der Waals surface area contributed by atoms with E-state index in [9.17, 15) is 5.11 Å². The van der Waals surface area contributed by atoms with Crippen molar-refractivity contribution in [3.05, 3.63) is 35.4 Å². The Hall–Kier alpha value is -0.900. The second-order valence-corrected chi connectivity index (χ2v) is 6.01. The Balaban J connectivity index is 2.23. The van der Waals surface area contributed by atoms with Gasteiger partial charge in [-0.25, -0.2) is 0 Å². The highest BCUT2D eigenvalue weighted by Gasteiger charge is 2.07. The van der Waals surface area contributed by atoms with E-state index in [2.05, 4.69) is 45.1 Å². The molecule has 0 bridgehead atoms. The van der Waals surface area contributed by atoms with Crippen LogP contribution in [0.1, 0.15) is 50.8 Å². The van der Waals surface area contributed by atoms with Crippen LogP contribution in [0.3, 0.4) is 0 Å². The molecular weight excluding hydrogens is 250 g/mol. The molecule has 0 aliphatic carbocycles. The van der Waals surface area contributed by atoms with Crippen LogP contribution in [0.4, 0.5) is 0 Å². The summed E-state index contributed by atoms with van der Waals surface area (Å²) in [6.07, 6.45) is -0.457. The number of hydrogen-bond donors (Lipinski definition) is 2. The second kappa shape index (κ2) is 9.11. The minimum atomic E-state index is -0.457. The molecule has 0 aliphatic rings. The summed E-state index contributed by atoms with van der Waals surface area (Å²) in [6.45, 7) is 11.4. The third-order valence-corrected chi connectivity index (χ3v) is 3.20. The average molecular weight is 279 g/mol. The second-order valence-electron chi connectivity index (χ2n) is 6.01. The summed E-state index contributed by atoms with van der Waals surface area (Å²) < 4.78 is 5.48. The molecule has 0 aliphatic heterocycles. The van der Waals surface area contributed by atoms with Crippen molar-refractivity contribution in [1.29, 1.82) is 0 Å². The number of benzene rings is 1. The van der Waals surface area contributed by atoms with Crippen molar-refractivity contribution in [2.75, 3.05) is 26.3 Å². The molecule has 1 aromatic rings. The van der Waals surface area contributed by atoms with Gasteiger partial charge in [-0.3, -0.25) is 0 Å². The molecule has 1 rings (SSSR count). The van der Waals surface area contributed by atoms with Gasteiger partial charge in [-0.05, 0) is 23.0 Å². The largest absolute Gasteiger partial charge is 0.387 e. The van der Waals surface area contributed by atoms with Gasteiger partial charge in [-0.1, -0.05) is 52.0 Å². The van der Waals surface area contributed by atoms with Crippen molar-refractivity contribution >= 4 is 0 Å². The normalized spacial score (nSPS) is 13.2. The summed E-state index contributed by atoms with van der Waals surface area (Å²) in [7, 11) is 0. The quantitative estimate of drug-likeness (QED) is 0.683. The topological polar surface area (TPSA) is 41.5 Å². The van der Waals surface area contributed by atoms with Gasteiger partial charge in [0.1, 0.15) is 0 Å². The number of aliphatic hydroxyl groups is 1. The van der Waals surface area contributed by atoms with E-state index in [1.165, 1.54) is 5.56 Å². The number of rotatable bonds is 9. The highest BCUT2D eigenvalue weighted by molar-refractivity contribution is 5.26. The van der Waals surface area contributed by atoms with E-state index in [1.807, 2.05) is 12.1 Å². The maximum absolute atomic E-state index is 10.1. The molecule has 2 N–H and O–H groups in total. The van der Waals surface area contributed by atoms with Gasteiger partial charge in [0.15, 0.2) is 0 Å². The lowest BCUT2D eigenvalue weighted by molar-refractivity contribution is 0.107. The van der Waals surface area contributed by atoms with E-state index in [1.54, 1.807) is 0 Å². The first-order valence-electron chi connectivity index (χ1n) is 7.57. The van der Waals surface area contributed by atoms with Gasteiger partial charge in [0.25, 0.3) is 0 Å². The third-order valence-electron chi connectivity index (χ3n) is 3.20. The van der Waals surface area contributed by atoms with Crippen molar-refractivity contribution in [3.63, 3.8) is 0 Å². The first kappa shape index (κ1) is 17.2. The van der Waals surface area contributed by atoms with Crippen LogP contribution in [-0.2, 0) is 4.74 Å². The van der Waals surface area contributed by atoms with Crippen LogP contribution in [0.5, 0.6) is 0 Å². The molecule has 0 spiro atoms. The fourth-order valence-electron chi connectivity index (χ4n) is 1.92. The van der Waals surface area contributed by atoms with Crippen molar-refractivity contribution in [3.8, 4) is 0 Å². The number of ether oxygens (including phenoxy) is 1. The molecule has 0 fully saturated rings. The first-order chi connectivity index (χ1) is 9.50. The standard InChI is InChI=1S/C17H29NO2/c1-13(2)12-20-10-9-18-11-17(19)16-7-5-15(6-8-16)14(3)4/h5-8,13-14,17-19H,9-12H2,1-4H3. The van der Waals surface area contributed by atoms with Gasteiger partial charge in [-0.15, -0.1) is 0 Å². The Morgan fingerprint density at radius 3 is 2.20 bits per heavy atom. The molecule has 3 nitrogen and oxygen atoms in total. The Morgan fingerprint density at radius 2 is 1.65 bits per heavy atom. The van der Waals surface area contributed by atoms with E-state index in [0.717, 1.165) is 18.7 Å². The summed E-state index contributed by atoms with van der Waals surface area (Å²) in [5.41, 5.74) is 2.26. The van der Waals surface area contributed by atoms with Crippen LogP contribution < -0.4 is 5.32 Å². The first-order valence-corrected chi connectivity index (χ1v) is 7.57. The third kappa shape index (κ3) is 6.51. The molecule has 0 aromatic heterocycles. The van der Waals surface area contributed by atoms with Crippen molar-refractivity contribution in [1.82, 2.24) is 5.32 Å². The van der Waals surface area contributed by atoms with Gasteiger partial charge in [0, 0.05) is 19.7 Å². The molecule has 0 saturated carbocycles. The van der Waals surface area contributed by atoms with Crippen LogP contribution in [0.25, 0.3) is 0 Å². The van der Waals surface area contributed by atoms with Crippen molar-refractivity contribution in [2.24, 2.45) is 5.92 Å². The van der Waals surface area contributed by atoms with E-state index >= 15 is 0 Å². The van der Waals surface area contributed by atoms with Crippen LogP contribution in [0.2, 0.25) is 0 Å². The molecule has 0 heterocycles. The zero-order valence-electron chi connectivity index (χ0n) is 13.2. The molecular formula is C17H29NO2. The van der Waals surface area contributed by atoms with Crippen LogP contribution >= 0.6 is 0 Å². The number of hydrogen-bond acceptors (Lipinski definition) is 3. The maximum atomic E-state index is 10.1. The minimum absolute atomic E-state index is 0.457. The Bertz CT molecular complexity index is 360. The predicted molar refractivity (Wildman–Crippen MR) is 84.0 cm³/mol. The number of nitrogens with one attached hydrogen (secondary N) is 1. The molecule has 0 saturated heterocycles.